The molecule has 6 nitrogen and oxygen atoms in total. The molecule has 1 aromatic heterocycles. The second kappa shape index (κ2) is 8.41. The summed E-state index contributed by atoms with van der Waals surface area (Å²) in [6, 6.07) is 4.51. The van der Waals surface area contributed by atoms with Crippen LogP contribution in [-0.4, -0.2) is 60.6 Å². The zero-order valence-corrected chi connectivity index (χ0v) is 17.5. The number of nitrogens with zero attached hydrogens (tertiary/aromatic N) is 2. The highest BCUT2D eigenvalue weighted by atomic mass is 32.1. The highest BCUT2D eigenvalue weighted by Crippen LogP contribution is 2.59. The number of carbonyl (C=O) groups excluding carboxylic acids is 2. The van der Waals surface area contributed by atoms with Crippen molar-refractivity contribution in [2.45, 2.75) is 51.6 Å². The van der Waals surface area contributed by atoms with E-state index in [9.17, 15) is 9.59 Å². The molecule has 7 heteroatoms. The van der Waals surface area contributed by atoms with Crippen LogP contribution in [-0.2, 0) is 16.1 Å². The number of likely N-dealkylation sites (tertiary alicyclic amines) is 2. The molecule has 2 aliphatic heterocycles. The minimum atomic E-state index is -0.234. The van der Waals surface area contributed by atoms with Crippen molar-refractivity contribution in [3.05, 3.63) is 22.4 Å². The van der Waals surface area contributed by atoms with Gasteiger partial charge in [0.2, 0.25) is 5.91 Å². The van der Waals surface area contributed by atoms with Gasteiger partial charge in [-0.1, -0.05) is 6.07 Å². The van der Waals surface area contributed by atoms with Crippen molar-refractivity contribution in [1.82, 2.24) is 15.1 Å². The van der Waals surface area contributed by atoms with Crippen LogP contribution in [0.1, 0.15) is 43.9 Å². The van der Waals surface area contributed by atoms with Crippen LogP contribution in [0.4, 0.5) is 4.79 Å². The topological polar surface area (TPSA) is 61.9 Å². The van der Waals surface area contributed by atoms with Gasteiger partial charge in [0.25, 0.3) is 0 Å². The van der Waals surface area contributed by atoms with Crippen molar-refractivity contribution in [3.63, 3.8) is 0 Å². The standard InChI is InChI=1S/C21H31N3O3S/c1-2-27-20(26)24-9-5-16(6-10-24)22-19(25)18-14-21(18)7-11-23(12-8-21)15-17-4-3-13-28-17/h3-4,13,16,18H,2,5-12,14-15H2,1H3,(H,22,25)/t18-/m0/s1. The van der Waals surface area contributed by atoms with Gasteiger partial charge in [-0.15, -0.1) is 11.3 Å². The maximum absolute atomic E-state index is 12.8. The van der Waals surface area contributed by atoms with Gasteiger partial charge in [-0.05, 0) is 69.0 Å². The Bertz CT molecular complexity index is 677. The number of carbonyl (C=O) groups is 2. The third kappa shape index (κ3) is 4.35. The lowest BCUT2D eigenvalue weighted by atomic mass is 9.90. The molecule has 0 bridgehead atoms. The number of ether oxygens (including phenoxy) is 1. The van der Waals surface area contributed by atoms with Gasteiger partial charge in [-0.3, -0.25) is 9.69 Å². The minimum Gasteiger partial charge on any atom is -0.450 e. The van der Waals surface area contributed by atoms with E-state index in [0.717, 1.165) is 51.7 Å². The Balaban J connectivity index is 1.19. The van der Waals surface area contributed by atoms with Crippen LogP contribution in [0.2, 0.25) is 0 Å². The van der Waals surface area contributed by atoms with Gasteiger partial charge in [0.15, 0.2) is 0 Å². The lowest BCUT2D eigenvalue weighted by Crippen LogP contribution is -2.47. The van der Waals surface area contributed by atoms with Crippen molar-refractivity contribution in [3.8, 4) is 0 Å². The molecule has 0 radical (unpaired) electrons. The molecular weight excluding hydrogens is 374 g/mol. The highest BCUT2D eigenvalue weighted by Gasteiger charge is 2.58. The van der Waals surface area contributed by atoms with Gasteiger partial charge in [-0.2, -0.15) is 0 Å². The summed E-state index contributed by atoms with van der Waals surface area (Å²) in [5.41, 5.74) is 0.252. The Kier molecular flexibility index (Phi) is 5.92. The third-order valence-electron chi connectivity index (χ3n) is 6.68. The molecule has 1 spiro atoms. The van der Waals surface area contributed by atoms with E-state index in [-0.39, 0.29) is 29.4 Å². The van der Waals surface area contributed by atoms with Gasteiger partial charge in [0, 0.05) is 36.5 Å². The van der Waals surface area contributed by atoms with Crippen molar-refractivity contribution in [2.24, 2.45) is 11.3 Å². The summed E-state index contributed by atoms with van der Waals surface area (Å²) < 4.78 is 5.06. The van der Waals surface area contributed by atoms with E-state index in [1.165, 1.54) is 4.88 Å². The normalized spacial score (nSPS) is 24.9. The number of nitrogens with one attached hydrogen (secondary N) is 1. The van der Waals surface area contributed by atoms with Crippen LogP contribution in [0.25, 0.3) is 0 Å². The van der Waals surface area contributed by atoms with E-state index in [2.05, 4.69) is 27.7 Å². The summed E-state index contributed by atoms with van der Waals surface area (Å²) in [6.45, 7) is 6.80. The predicted molar refractivity (Wildman–Crippen MR) is 109 cm³/mol. The van der Waals surface area contributed by atoms with E-state index in [4.69, 9.17) is 4.74 Å². The summed E-state index contributed by atoms with van der Waals surface area (Å²) in [4.78, 5) is 30.3. The van der Waals surface area contributed by atoms with Crippen molar-refractivity contribution in [1.29, 1.82) is 0 Å². The first-order valence-electron chi connectivity index (χ1n) is 10.6. The van der Waals surface area contributed by atoms with Gasteiger partial charge in [0.05, 0.1) is 6.61 Å². The molecule has 4 rings (SSSR count). The Hall–Kier alpha value is -1.60. The van der Waals surface area contributed by atoms with E-state index < -0.39 is 0 Å². The largest absolute Gasteiger partial charge is 0.450 e. The van der Waals surface area contributed by atoms with Gasteiger partial charge >= 0.3 is 6.09 Å². The SMILES string of the molecule is CCOC(=O)N1CCC(NC(=O)[C@@H]2CC23CCN(Cc2cccs2)CC3)CC1. The van der Waals surface area contributed by atoms with Crippen LogP contribution in [0.5, 0.6) is 0 Å². The molecule has 28 heavy (non-hydrogen) atoms. The molecular formula is C21H31N3O3S. The van der Waals surface area contributed by atoms with E-state index >= 15 is 0 Å². The number of thiophene rings is 1. The molecule has 3 aliphatic rings. The maximum Gasteiger partial charge on any atom is 0.409 e. The fourth-order valence-corrected chi connectivity index (χ4v) is 5.52. The van der Waals surface area contributed by atoms with E-state index in [0.29, 0.717) is 19.7 Å². The number of piperidine rings is 2. The summed E-state index contributed by atoms with van der Waals surface area (Å²) in [5.74, 6) is 0.431. The molecule has 1 N–H and O–H groups in total. The first-order valence-corrected chi connectivity index (χ1v) is 11.4. The molecule has 1 aromatic rings. The summed E-state index contributed by atoms with van der Waals surface area (Å²) in [7, 11) is 0. The average Bonchev–Trinajstić information content (AvgIpc) is 3.15. The molecule has 3 fully saturated rings. The molecule has 1 atom stereocenters. The van der Waals surface area contributed by atoms with Crippen LogP contribution in [0.15, 0.2) is 17.5 Å². The molecule has 0 aromatic carbocycles. The van der Waals surface area contributed by atoms with Gasteiger partial charge < -0.3 is 15.0 Å². The predicted octanol–water partition coefficient (Wildman–Crippen LogP) is 3.09. The molecule has 1 saturated carbocycles. The first kappa shape index (κ1) is 19.7. The fourth-order valence-electron chi connectivity index (χ4n) is 4.77. The monoisotopic (exact) mass is 405 g/mol. The zero-order valence-electron chi connectivity index (χ0n) is 16.7. The van der Waals surface area contributed by atoms with Gasteiger partial charge in [0.1, 0.15) is 0 Å². The lowest BCUT2D eigenvalue weighted by molar-refractivity contribution is -0.124. The smallest absolute Gasteiger partial charge is 0.409 e. The maximum atomic E-state index is 12.8. The average molecular weight is 406 g/mol. The Morgan fingerprint density at radius 3 is 2.64 bits per heavy atom. The Morgan fingerprint density at radius 1 is 1.25 bits per heavy atom. The number of amides is 2. The molecule has 154 valence electrons. The summed E-state index contributed by atoms with van der Waals surface area (Å²) in [5, 5.41) is 5.40. The van der Waals surface area contributed by atoms with Crippen molar-refractivity contribution >= 4 is 23.3 Å². The fraction of sp³-hybridized carbons (Fsp3) is 0.714. The summed E-state index contributed by atoms with van der Waals surface area (Å²) >= 11 is 1.82. The molecule has 0 unspecified atom stereocenters. The number of hydrogen-bond acceptors (Lipinski definition) is 5. The van der Waals surface area contributed by atoms with Crippen molar-refractivity contribution in [2.75, 3.05) is 32.8 Å². The molecule has 1 aliphatic carbocycles. The van der Waals surface area contributed by atoms with E-state index in [1.807, 2.05) is 18.3 Å². The highest BCUT2D eigenvalue weighted by molar-refractivity contribution is 7.09. The Morgan fingerprint density at radius 2 is 2.00 bits per heavy atom. The Labute approximate surface area is 171 Å². The minimum absolute atomic E-state index is 0.190. The quantitative estimate of drug-likeness (QED) is 0.818. The second-order valence-electron chi connectivity index (χ2n) is 8.44. The third-order valence-corrected chi connectivity index (χ3v) is 7.55. The van der Waals surface area contributed by atoms with Crippen LogP contribution >= 0.6 is 11.3 Å². The molecule has 2 saturated heterocycles. The number of rotatable bonds is 5. The summed E-state index contributed by atoms with van der Waals surface area (Å²) in [6.07, 6.45) is 4.73. The molecule has 3 heterocycles. The van der Waals surface area contributed by atoms with Gasteiger partial charge in [-0.25, -0.2) is 4.79 Å². The molecule has 2 amide bonds. The lowest BCUT2D eigenvalue weighted by Gasteiger charge is -2.33. The first-order chi connectivity index (χ1) is 13.6. The van der Waals surface area contributed by atoms with Crippen LogP contribution in [0.3, 0.4) is 0 Å². The van der Waals surface area contributed by atoms with Crippen LogP contribution in [0, 0.1) is 11.3 Å². The van der Waals surface area contributed by atoms with Crippen molar-refractivity contribution < 1.29 is 14.3 Å². The second-order valence-corrected chi connectivity index (χ2v) is 9.48. The van der Waals surface area contributed by atoms with E-state index in [1.54, 1.807) is 4.90 Å². The van der Waals surface area contributed by atoms with Crippen LogP contribution < -0.4 is 5.32 Å². The number of hydrogen-bond donors (Lipinski definition) is 1. The zero-order chi connectivity index (χ0) is 19.6.